The van der Waals surface area contributed by atoms with E-state index in [9.17, 15) is 20.1 Å². The number of aliphatic hydroxyl groups excluding tert-OH is 2. The number of nitrogens with zero attached hydrogens (tertiary/aromatic N) is 1. The largest absolute Gasteiger partial charge is 0.480 e. The molecule has 0 spiro atoms. The van der Waals surface area contributed by atoms with E-state index in [2.05, 4.69) is 11.0 Å². The fourth-order valence-corrected chi connectivity index (χ4v) is 7.07. The molecule has 30 heavy (non-hydrogen) atoms. The van der Waals surface area contributed by atoms with Crippen molar-refractivity contribution >= 4 is 5.97 Å². The first-order valence-electron chi connectivity index (χ1n) is 12.6. The molecule has 2 aliphatic heterocycles. The highest BCUT2D eigenvalue weighted by Gasteiger charge is 2.54. The normalized spacial score (nSPS) is 38.6. The minimum atomic E-state index is -0.711. The monoisotopic (exact) mass is 419 g/mol. The van der Waals surface area contributed by atoms with Crippen LogP contribution in [0.5, 0.6) is 0 Å². The van der Waals surface area contributed by atoms with Crippen molar-refractivity contribution in [3.8, 4) is 0 Å². The summed E-state index contributed by atoms with van der Waals surface area (Å²) in [5.41, 5.74) is 0. The number of aliphatic carboxylic acids is 1. The minimum Gasteiger partial charge on any atom is -0.480 e. The topological polar surface area (TPSA) is 81.0 Å². The first kappa shape index (κ1) is 22.3. The molecule has 2 saturated heterocycles. The van der Waals surface area contributed by atoms with Gasteiger partial charge in [0.15, 0.2) is 0 Å². The number of carboxylic acids is 1. The molecule has 2 unspecified atom stereocenters. The number of fused-ring (bicyclic) bond motifs is 3. The van der Waals surface area contributed by atoms with Gasteiger partial charge in [-0.1, -0.05) is 63.5 Å². The summed E-state index contributed by atoms with van der Waals surface area (Å²) >= 11 is 0. The van der Waals surface area contributed by atoms with Gasteiger partial charge in [0.25, 0.3) is 0 Å². The lowest BCUT2D eigenvalue weighted by atomic mass is 9.85. The summed E-state index contributed by atoms with van der Waals surface area (Å²) < 4.78 is 0. The summed E-state index contributed by atoms with van der Waals surface area (Å²) in [5.74, 6) is 0.566. The van der Waals surface area contributed by atoms with E-state index < -0.39 is 18.2 Å². The Labute approximate surface area is 181 Å². The number of hydrogen-bond acceptors (Lipinski definition) is 4. The third kappa shape index (κ3) is 4.94. The van der Waals surface area contributed by atoms with E-state index in [1.165, 1.54) is 44.9 Å². The molecule has 2 saturated carbocycles. The van der Waals surface area contributed by atoms with Gasteiger partial charge in [-0.2, -0.15) is 0 Å². The molecule has 5 nitrogen and oxygen atoms in total. The molecular formula is C25H41NO4. The molecule has 0 amide bonds. The van der Waals surface area contributed by atoms with Crippen LogP contribution < -0.4 is 0 Å². The van der Waals surface area contributed by atoms with Gasteiger partial charge >= 0.3 is 5.97 Å². The minimum absolute atomic E-state index is 0.0481. The Balaban J connectivity index is 1.26. The highest BCUT2D eigenvalue weighted by atomic mass is 16.4. The Morgan fingerprint density at radius 2 is 1.83 bits per heavy atom. The zero-order chi connectivity index (χ0) is 21.1. The van der Waals surface area contributed by atoms with Crippen LogP contribution >= 0.6 is 0 Å². The van der Waals surface area contributed by atoms with E-state index in [-0.39, 0.29) is 18.0 Å². The third-order valence-corrected chi connectivity index (χ3v) is 8.57. The lowest BCUT2D eigenvalue weighted by Crippen LogP contribution is -2.51. The van der Waals surface area contributed by atoms with Gasteiger partial charge in [-0.15, -0.1) is 0 Å². The SMILES string of the molecule is O=C(O)C1CCCC2C[C@@H]3[C@@H](/C=C/[C@H](O)CCCCC4CCCCC4)[C@H](O)C[C@H]3N21. The van der Waals surface area contributed by atoms with E-state index in [1.807, 2.05) is 6.08 Å². The van der Waals surface area contributed by atoms with Gasteiger partial charge in [0.2, 0.25) is 0 Å². The highest BCUT2D eigenvalue weighted by molar-refractivity contribution is 5.73. The van der Waals surface area contributed by atoms with E-state index in [4.69, 9.17) is 0 Å². The van der Waals surface area contributed by atoms with Crippen LogP contribution in [0.3, 0.4) is 0 Å². The van der Waals surface area contributed by atoms with Gasteiger partial charge < -0.3 is 15.3 Å². The number of carboxylic acid groups (broad SMARTS) is 1. The van der Waals surface area contributed by atoms with Gasteiger partial charge in [-0.05, 0) is 50.4 Å². The Morgan fingerprint density at radius 1 is 1.03 bits per heavy atom. The summed E-state index contributed by atoms with van der Waals surface area (Å²) in [6.45, 7) is 0. The van der Waals surface area contributed by atoms with Crippen molar-refractivity contribution in [2.75, 3.05) is 0 Å². The first-order valence-corrected chi connectivity index (χ1v) is 12.6. The zero-order valence-corrected chi connectivity index (χ0v) is 18.4. The molecule has 0 aromatic carbocycles. The molecule has 0 bridgehead atoms. The predicted molar refractivity (Wildman–Crippen MR) is 117 cm³/mol. The maximum Gasteiger partial charge on any atom is 0.320 e. The van der Waals surface area contributed by atoms with E-state index in [0.29, 0.717) is 18.4 Å². The predicted octanol–water partition coefficient (Wildman–Crippen LogP) is 4.12. The molecule has 2 aliphatic carbocycles. The molecule has 4 aliphatic rings. The van der Waals surface area contributed by atoms with Crippen LogP contribution in [0.2, 0.25) is 0 Å². The molecule has 3 N–H and O–H groups in total. The molecule has 7 atom stereocenters. The van der Waals surface area contributed by atoms with Crippen LogP contribution in [0, 0.1) is 17.8 Å². The lowest BCUT2D eigenvalue weighted by molar-refractivity contribution is -0.146. The molecule has 170 valence electrons. The second-order valence-electron chi connectivity index (χ2n) is 10.5. The number of piperidine rings is 1. The average Bonchev–Trinajstić information content (AvgIpc) is 3.24. The van der Waals surface area contributed by atoms with Crippen molar-refractivity contribution < 1.29 is 20.1 Å². The summed E-state index contributed by atoms with van der Waals surface area (Å²) in [7, 11) is 0. The fourth-order valence-electron chi connectivity index (χ4n) is 7.07. The summed E-state index contributed by atoms with van der Waals surface area (Å²) in [4.78, 5) is 14.0. The summed E-state index contributed by atoms with van der Waals surface area (Å²) in [5, 5.41) is 30.8. The first-order chi connectivity index (χ1) is 14.5. The molecule has 4 rings (SSSR count). The van der Waals surface area contributed by atoms with Crippen molar-refractivity contribution in [1.29, 1.82) is 0 Å². The Bertz CT molecular complexity index is 602. The Hall–Kier alpha value is -0.910. The Kier molecular flexibility index (Phi) is 7.53. The maximum atomic E-state index is 11.7. The van der Waals surface area contributed by atoms with Crippen LogP contribution in [-0.2, 0) is 4.79 Å². The van der Waals surface area contributed by atoms with Crippen LogP contribution in [0.4, 0.5) is 0 Å². The fraction of sp³-hybridized carbons (Fsp3) is 0.880. The van der Waals surface area contributed by atoms with Crippen molar-refractivity contribution in [3.63, 3.8) is 0 Å². The van der Waals surface area contributed by atoms with Crippen molar-refractivity contribution in [2.45, 2.75) is 120 Å². The van der Waals surface area contributed by atoms with E-state index in [1.54, 1.807) is 0 Å². The second kappa shape index (κ2) is 10.1. The van der Waals surface area contributed by atoms with Crippen LogP contribution in [-0.4, -0.2) is 56.5 Å². The quantitative estimate of drug-likeness (QED) is 0.407. The van der Waals surface area contributed by atoms with Gasteiger partial charge in [-0.25, -0.2) is 0 Å². The lowest BCUT2D eigenvalue weighted by Gasteiger charge is -2.38. The standard InChI is InChI=1S/C25H41NO4/c27-19(11-5-4-9-17-7-2-1-3-8-17)13-14-20-21-15-18-10-6-12-22(25(29)30)26(18)23(21)16-24(20)28/h13-14,17-24,27-28H,1-12,15-16H2,(H,29,30)/b14-13+/t18?,19-,20-,21-,22?,23-,24-/m1/s1. The highest BCUT2D eigenvalue weighted by Crippen LogP contribution is 2.49. The molecule has 2 heterocycles. The van der Waals surface area contributed by atoms with Gasteiger partial charge in [0, 0.05) is 18.0 Å². The molecule has 4 fully saturated rings. The number of carbonyl (C=O) groups is 1. The second-order valence-corrected chi connectivity index (χ2v) is 10.5. The van der Waals surface area contributed by atoms with Crippen LogP contribution in [0.1, 0.15) is 89.9 Å². The van der Waals surface area contributed by atoms with Gasteiger partial charge in [-0.3, -0.25) is 9.69 Å². The Morgan fingerprint density at radius 3 is 2.60 bits per heavy atom. The van der Waals surface area contributed by atoms with Crippen LogP contribution in [0.25, 0.3) is 0 Å². The molecule has 0 aromatic rings. The zero-order valence-electron chi connectivity index (χ0n) is 18.4. The molecule has 0 radical (unpaired) electrons. The maximum absolute atomic E-state index is 11.7. The van der Waals surface area contributed by atoms with Crippen molar-refractivity contribution in [3.05, 3.63) is 12.2 Å². The van der Waals surface area contributed by atoms with Crippen LogP contribution in [0.15, 0.2) is 12.2 Å². The smallest absolute Gasteiger partial charge is 0.320 e. The summed E-state index contributed by atoms with van der Waals surface area (Å²) in [6, 6.07) is 0.139. The van der Waals surface area contributed by atoms with Crippen molar-refractivity contribution in [1.82, 2.24) is 4.90 Å². The number of hydrogen-bond donors (Lipinski definition) is 3. The molecule has 0 aromatic heterocycles. The van der Waals surface area contributed by atoms with Gasteiger partial charge in [0.1, 0.15) is 6.04 Å². The third-order valence-electron chi connectivity index (χ3n) is 8.57. The van der Waals surface area contributed by atoms with Gasteiger partial charge in [0.05, 0.1) is 12.2 Å². The number of aliphatic hydroxyl groups is 2. The number of unbranched alkanes of at least 4 members (excludes halogenated alkanes) is 1. The number of rotatable bonds is 8. The van der Waals surface area contributed by atoms with E-state index >= 15 is 0 Å². The molecular weight excluding hydrogens is 378 g/mol. The average molecular weight is 420 g/mol. The molecule has 5 heteroatoms. The van der Waals surface area contributed by atoms with E-state index in [0.717, 1.165) is 44.4 Å². The van der Waals surface area contributed by atoms with Crippen molar-refractivity contribution in [2.24, 2.45) is 17.8 Å². The summed E-state index contributed by atoms with van der Waals surface area (Å²) in [6.07, 6.45) is 18.9.